The molecular weight excluding hydrogens is 497 g/mol. The molecule has 186 valence electrons. The molecule has 1 unspecified atom stereocenters. The summed E-state index contributed by atoms with van der Waals surface area (Å²) in [6.07, 6.45) is -3.69. The second kappa shape index (κ2) is 9.50. The quantitative estimate of drug-likeness (QED) is 0.485. The third-order valence-corrected chi connectivity index (χ3v) is 6.30. The van der Waals surface area contributed by atoms with E-state index in [9.17, 15) is 31.9 Å². The summed E-state index contributed by atoms with van der Waals surface area (Å²) in [5.41, 5.74) is -3.27. The molecule has 2 heterocycles. The lowest BCUT2D eigenvalue weighted by Gasteiger charge is -2.41. The Morgan fingerprint density at radius 1 is 1.17 bits per heavy atom. The van der Waals surface area contributed by atoms with Crippen LogP contribution in [0.3, 0.4) is 0 Å². The van der Waals surface area contributed by atoms with E-state index < -0.39 is 47.2 Å². The molecule has 4 rings (SSSR count). The Labute approximate surface area is 200 Å². The van der Waals surface area contributed by atoms with Crippen molar-refractivity contribution in [3.63, 3.8) is 0 Å². The normalized spacial score (nSPS) is 21.5. The number of nitrogens with one attached hydrogen (secondary N) is 1. The molecular formula is C22H19ClF5N5O2. The molecule has 1 aromatic carbocycles. The highest BCUT2D eigenvalue weighted by molar-refractivity contribution is 6.31. The van der Waals surface area contributed by atoms with E-state index in [1.54, 1.807) is 0 Å². The van der Waals surface area contributed by atoms with E-state index in [4.69, 9.17) is 11.6 Å². The smallest absolute Gasteiger partial charge is 0.387 e. The Kier molecular flexibility index (Phi) is 6.78. The van der Waals surface area contributed by atoms with Crippen LogP contribution in [0.25, 0.3) is 5.82 Å². The van der Waals surface area contributed by atoms with Gasteiger partial charge >= 0.3 is 6.18 Å². The van der Waals surface area contributed by atoms with E-state index in [0.29, 0.717) is 6.07 Å². The number of carbonyl (C=O) groups excluding carboxylic acids is 1. The number of benzene rings is 1. The topological polar surface area (TPSA) is 92.9 Å². The van der Waals surface area contributed by atoms with Crippen LogP contribution in [0.5, 0.6) is 0 Å². The summed E-state index contributed by atoms with van der Waals surface area (Å²) in [6, 6.07) is 4.04. The fourth-order valence-electron chi connectivity index (χ4n) is 4.09. The number of halogens is 6. The van der Waals surface area contributed by atoms with Crippen molar-refractivity contribution in [3.8, 4) is 5.82 Å². The zero-order chi connectivity index (χ0) is 25.4. The fourth-order valence-corrected chi connectivity index (χ4v) is 4.32. The van der Waals surface area contributed by atoms with Gasteiger partial charge in [0.25, 0.3) is 5.91 Å². The maximum atomic E-state index is 14.2. The highest BCUT2D eigenvalue weighted by Gasteiger charge is 2.43. The number of aliphatic hydroxyl groups is 1. The van der Waals surface area contributed by atoms with E-state index in [0.717, 1.165) is 16.9 Å². The van der Waals surface area contributed by atoms with Crippen LogP contribution in [0.15, 0.2) is 42.7 Å². The van der Waals surface area contributed by atoms with Crippen molar-refractivity contribution in [2.45, 2.75) is 49.7 Å². The van der Waals surface area contributed by atoms with Gasteiger partial charge in [-0.3, -0.25) is 4.79 Å². The number of rotatable bonds is 5. The zero-order valence-electron chi connectivity index (χ0n) is 17.9. The van der Waals surface area contributed by atoms with E-state index in [1.165, 1.54) is 24.5 Å². The predicted octanol–water partition coefficient (Wildman–Crippen LogP) is 4.59. The number of aromatic nitrogens is 4. The van der Waals surface area contributed by atoms with Crippen LogP contribution in [0, 0.1) is 5.82 Å². The zero-order valence-corrected chi connectivity index (χ0v) is 18.7. The largest absolute Gasteiger partial charge is 0.433 e. The molecule has 35 heavy (non-hydrogen) atoms. The van der Waals surface area contributed by atoms with Gasteiger partial charge in [0, 0.05) is 0 Å². The summed E-state index contributed by atoms with van der Waals surface area (Å²) in [4.78, 5) is 17.6. The number of amides is 1. The Hall–Kier alpha value is -3.12. The first kappa shape index (κ1) is 25.0. The predicted molar refractivity (Wildman–Crippen MR) is 114 cm³/mol. The highest BCUT2D eigenvalue weighted by Crippen LogP contribution is 2.42. The number of hydrogen-bond donors (Lipinski definition) is 2. The van der Waals surface area contributed by atoms with Gasteiger partial charge in [-0.2, -0.15) is 23.4 Å². The summed E-state index contributed by atoms with van der Waals surface area (Å²) < 4.78 is 67.8. The van der Waals surface area contributed by atoms with Gasteiger partial charge in [-0.05, 0) is 49.4 Å². The van der Waals surface area contributed by atoms with Crippen LogP contribution in [0.2, 0.25) is 5.02 Å². The summed E-state index contributed by atoms with van der Waals surface area (Å²) >= 11 is 6.14. The SMILES string of the molecule is O=C(NC(c1cccc(F)c1Cl)[C@]1(O)CC[C@@H](F)CC1)c1ccc(C(F)(F)F)nc1-n1nccn1. The molecule has 1 aliphatic rings. The van der Waals surface area contributed by atoms with Gasteiger partial charge in [-0.1, -0.05) is 23.7 Å². The van der Waals surface area contributed by atoms with E-state index in [-0.39, 0.29) is 41.8 Å². The molecule has 1 amide bonds. The maximum absolute atomic E-state index is 14.2. The number of carbonyl (C=O) groups is 1. The standard InChI is InChI=1S/C22H19ClF5N5O2/c23-17-13(2-1-3-15(17)25)18(21(35)8-6-12(24)7-9-21)32-20(34)14-4-5-16(22(26,27)28)31-19(14)33-29-10-11-30-33/h1-5,10-12,18,35H,6-9H2,(H,32,34)/t12-,18?,21+. The van der Waals surface area contributed by atoms with Gasteiger partial charge in [0.15, 0.2) is 5.82 Å². The van der Waals surface area contributed by atoms with Crippen molar-refractivity contribution in [1.29, 1.82) is 0 Å². The molecule has 3 aromatic rings. The molecule has 1 saturated carbocycles. The molecule has 2 aromatic heterocycles. The van der Waals surface area contributed by atoms with E-state index in [2.05, 4.69) is 20.5 Å². The number of alkyl halides is 4. The molecule has 1 fully saturated rings. The minimum absolute atomic E-state index is 0.0000968. The average molecular weight is 516 g/mol. The lowest BCUT2D eigenvalue weighted by atomic mass is 9.76. The van der Waals surface area contributed by atoms with Crippen molar-refractivity contribution in [2.75, 3.05) is 0 Å². The van der Waals surface area contributed by atoms with Gasteiger partial charge in [0.05, 0.1) is 34.6 Å². The first-order chi connectivity index (χ1) is 16.5. The molecule has 0 aliphatic heterocycles. The Morgan fingerprint density at radius 3 is 2.46 bits per heavy atom. The van der Waals surface area contributed by atoms with Gasteiger partial charge in [-0.15, -0.1) is 4.80 Å². The molecule has 0 spiro atoms. The van der Waals surface area contributed by atoms with Crippen molar-refractivity contribution in [1.82, 2.24) is 25.3 Å². The first-order valence-electron chi connectivity index (χ1n) is 10.6. The van der Waals surface area contributed by atoms with Crippen molar-refractivity contribution in [2.24, 2.45) is 0 Å². The molecule has 13 heteroatoms. The van der Waals surface area contributed by atoms with Gasteiger partial charge < -0.3 is 10.4 Å². The highest BCUT2D eigenvalue weighted by atomic mass is 35.5. The lowest BCUT2D eigenvalue weighted by Crippen LogP contribution is -2.49. The van der Waals surface area contributed by atoms with Crippen LogP contribution < -0.4 is 5.32 Å². The molecule has 2 N–H and O–H groups in total. The van der Waals surface area contributed by atoms with Crippen LogP contribution in [0.1, 0.15) is 53.3 Å². The molecule has 7 nitrogen and oxygen atoms in total. The third-order valence-electron chi connectivity index (χ3n) is 5.90. The summed E-state index contributed by atoms with van der Waals surface area (Å²) in [5, 5.41) is 21.1. The molecule has 1 aliphatic carbocycles. The van der Waals surface area contributed by atoms with Crippen molar-refractivity contribution in [3.05, 3.63) is 70.4 Å². The summed E-state index contributed by atoms with van der Waals surface area (Å²) in [5.74, 6) is -2.26. The number of nitrogens with zero attached hydrogens (tertiary/aromatic N) is 4. The molecule has 1 atom stereocenters. The van der Waals surface area contributed by atoms with Crippen LogP contribution in [-0.4, -0.2) is 42.8 Å². The second-order valence-electron chi connectivity index (χ2n) is 8.21. The third kappa shape index (κ3) is 5.13. The Balaban J connectivity index is 1.77. The first-order valence-corrected chi connectivity index (χ1v) is 10.9. The molecule has 0 bridgehead atoms. The maximum Gasteiger partial charge on any atom is 0.433 e. The van der Waals surface area contributed by atoms with Gasteiger partial charge in [-0.25, -0.2) is 13.8 Å². The minimum Gasteiger partial charge on any atom is -0.387 e. The summed E-state index contributed by atoms with van der Waals surface area (Å²) in [7, 11) is 0. The second-order valence-corrected chi connectivity index (χ2v) is 8.59. The van der Waals surface area contributed by atoms with Gasteiger partial charge in [0.2, 0.25) is 0 Å². The van der Waals surface area contributed by atoms with Crippen LogP contribution in [0.4, 0.5) is 22.0 Å². The van der Waals surface area contributed by atoms with Crippen LogP contribution in [-0.2, 0) is 6.18 Å². The molecule has 0 saturated heterocycles. The Bertz CT molecular complexity index is 1210. The number of pyridine rings is 1. The lowest BCUT2D eigenvalue weighted by molar-refractivity contribution is -0.141. The average Bonchev–Trinajstić information content (AvgIpc) is 3.35. The van der Waals surface area contributed by atoms with Crippen molar-refractivity contribution < 1.29 is 31.9 Å². The monoisotopic (exact) mass is 515 g/mol. The van der Waals surface area contributed by atoms with Gasteiger partial charge in [0.1, 0.15) is 17.7 Å². The summed E-state index contributed by atoms with van der Waals surface area (Å²) in [6.45, 7) is 0. The Morgan fingerprint density at radius 2 is 1.83 bits per heavy atom. The minimum atomic E-state index is -4.80. The fraction of sp³-hybridized carbons (Fsp3) is 0.364. The van der Waals surface area contributed by atoms with E-state index >= 15 is 0 Å². The molecule has 0 radical (unpaired) electrons. The van der Waals surface area contributed by atoms with Crippen molar-refractivity contribution >= 4 is 17.5 Å². The van der Waals surface area contributed by atoms with Crippen LogP contribution >= 0.6 is 11.6 Å². The number of hydrogen-bond acceptors (Lipinski definition) is 5. The van der Waals surface area contributed by atoms with E-state index in [1.807, 2.05) is 0 Å².